The molecule has 2 rings (SSSR count). The smallest absolute Gasteiger partial charge is 0.110 e. The molecule has 0 aromatic carbocycles. The molecule has 0 aliphatic heterocycles. The predicted octanol–water partition coefficient (Wildman–Crippen LogP) is 3.52. The van der Waals surface area contributed by atoms with Crippen molar-refractivity contribution in [1.82, 2.24) is 4.98 Å². The lowest BCUT2D eigenvalue weighted by Gasteiger charge is -2.34. The zero-order valence-electron chi connectivity index (χ0n) is 10.3. The van der Waals surface area contributed by atoms with E-state index in [-0.39, 0.29) is 5.60 Å². The lowest BCUT2D eigenvalue weighted by Crippen LogP contribution is -2.34. The number of nitrogens with zero attached hydrogens (tertiary/aromatic N) is 1. The quantitative estimate of drug-likeness (QED) is 0.773. The minimum absolute atomic E-state index is 0.188. The van der Waals surface area contributed by atoms with E-state index in [9.17, 15) is 0 Å². The van der Waals surface area contributed by atoms with E-state index in [0.717, 1.165) is 12.3 Å². The summed E-state index contributed by atoms with van der Waals surface area (Å²) in [6.07, 6.45) is 7.07. The third-order valence-corrected chi connectivity index (χ3v) is 3.75. The highest BCUT2D eigenvalue weighted by atomic mass is 16.5. The highest BCUT2D eigenvalue weighted by molar-refractivity contribution is 5.14. The summed E-state index contributed by atoms with van der Waals surface area (Å²) in [5, 5.41) is 0. The molecule has 1 saturated carbocycles. The van der Waals surface area contributed by atoms with Crippen LogP contribution in [0.2, 0.25) is 0 Å². The van der Waals surface area contributed by atoms with Gasteiger partial charge in [0, 0.05) is 12.8 Å². The largest absolute Gasteiger partial charge is 0.369 e. The maximum atomic E-state index is 6.04. The van der Waals surface area contributed by atoms with Crippen molar-refractivity contribution in [3.05, 3.63) is 30.1 Å². The Morgan fingerprint density at radius 3 is 2.69 bits per heavy atom. The van der Waals surface area contributed by atoms with E-state index in [1.54, 1.807) is 0 Å². The van der Waals surface area contributed by atoms with E-state index in [1.165, 1.54) is 25.7 Å². The van der Waals surface area contributed by atoms with Gasteiger partial charge in [0.05, 0.1) is 5.69 Å². The maximum absolute atomic E-state index is 6.04. The van der Waals surface area contributed by atoms with E-state index >= 15 is 0 Å². The fourth-order valence-corrected chi connectivity index (χ4v) is 2.83. The van der Waals surface area contributed by atoms with Crippen molar-refractivity contribution < 1.29 is 4.74 Å². The van der Waals surface area contributed by atoms with Gasteiger partial charge in [-0.3, -0.25) is 4.98 Å². The molecule has 1 unspecified atom stereocenters. The number of ether oxygens (including phenoxy) is 1. The van der Waals surface area contributed by atoms with Crippen molar-refractivity contribution in [2.24, 2.45) is 5.92 Å². The number of hydrogen-bond donors (Lipinski definition) is 0. The lowest BCUT2D eigenvalue weighted by molar-refractivity contribution is -0.0759. The molecule has 1 aliphatic carbocycles. The average Bonchev–Trinajstić information content (AvgIpc) is 2.84. The molecule has 1 aromatic rings. The molecular formula is C14H21NO. The average molecular weight is 219 g/mol. The van der Waals surface area contributed by atoms with Gasteiger partial charge in [-0.2, -0.15) is 0 Å². The summed E-state index contributed by atoms with van der Waals surface area (Å²) in [4.78, 5) is 4.49. The van der Waals surface area contributed by atoms with E-state index in [4.69, 9.17) is 4.74 Å². The van der Waals surface area contributed by atoms with E-state index in [0.29, 0.717) is 5.92 Å². The van der Waals surface area contributed by atoms with Gasteiger partial charge in [0.1, 0.15) is 5.60 Å². The monoisotopic (exact) mass is 219 g/mol. The predicted molar refractivity (Wildman–Crippen MR) is 65.2 cm³/mol. The Kier molecular flexibility index (Phi) is 3.59. The molecule has 0 N–H and O–H groups in total. The number of rotatable bonds is 4. The van der Waals surface area contributed by atoms with Crippen molar-refractivity contribution in [3.8, 4) is 0 Å². The molecule has 88 valence electrons. The molecule has 1 heterocycles. The Morgan fingerprint density at radius 1 is 1.38 bits per heavy atom. The van der Waals surface area contributed by atoms with E-state index in [2.05, 4.69) is 31.0 Å². The van der Waals surface area contributed by atoms with Gasteiger partial charge in [0.15, 0.2) is 0 Å². The van der Waals surface area contributed by atoms with Gasteiger partial charge in [-0.25, -0.2) is 0 Å². The minimum Gasteiger partial charge on any atom is -0.369 e. The first-order chi connectivity index (χ1) is 7.77. The molecule has 2 heteroatoms. The van der Waals surface area contributed by atoms with Gasteiger partial charge >= 0.3 is 0 Å². The standard InChI is InChI=1S/C14H21NO/c1-3-16-14(2,12-8-4-5-9-12)13-10-6-7-11-15-13/h6-7,10-12H,3-5,8-9H2,1-2H3. The van der Waals surface area contributed by atoms with Crippen LogP contribution in [0.15, 0.2) is 24.4 Å². The lowest BCUT2D eigenvalue weighted by atomic mass is 9.84. The Balaban J connectivity index is 2.27. The normalized spacial score (nSPS) is 20.9. The number of pyridine rings is 1. The van der Waals surface area contributed by atoms with Crippen LogP contribution in [0.5, 0.6) is 0 Å². The molecule has 2 nitrogen and oxygen atoms in total. The molecule has 0 bridgehead atoms. The minimum atomic E-state index is -0.188. The molecule has 0 radical (unpaired) electrons. The van der Waals surface area contributed by atoms with Crippen molar-refractivity contribution >= 4 is 0 Å². The van der Waals surface area contributed by atoms with Crippen LogP contribution < -0.4 is 0 Å². The van der Waals surface area contributed by atoms with Gasteiger partial charge in [0.2, 0.25) is 0 Å². The SMILES string of the molecule is CCOC(C)(c1ccccn1)C1CCCC1. The van der Waals surface area contributed by atoms with Crippen LogP contribution in [0.25, 0.3) is 0 Å². The first-order valence-corrected chi connectivity index (χ1v) is 6.33. The second kappa shape index (κ2) is 4.96. The van der Waals surface area contributed by atoms with Gasteiger partial charge < -0.3 is 4.74 Å². The van der Waals surface area contributed by atoms with Crippen molar-refractivity contribution in [2.45, 2.75) is 45.1 Å². The van der Waals surface area contributed by atoms with Gasteiger partial charge in [-0.05, 0) is 44.7 Å². The van der Waals surface area contributed by atoms with Crippen LogP contribution >= 0.6 is 0 Å². The maximum Gasteiger partial charge on any atom is 0.110 e. The number of aromatic nitrogens is 1. The Morgan fingerprint density at radius 2 is 2.12 bits per heavy atom. The third kappa shape index (κ3) is 2.12. The summed E-state index contributed by atoms with van der Waals surface area (Å²) in [6, 6.07) is 6.10. The van der Waals surface area contributed by atoms with Crippen molar-refractivity contribution in [1.29, 1.82) is 0 Å². The van der Waals surface area contributed by atoms with Crippen LogP contribution in [0.3, 0.4) is 0 Å². The Hall–Kier alpha value is -0.890. The zero-order chi connectivity index (χ0) is 11.4. The Bertz CT molecular complexity index is 319. The summed E-state index contributed by atoms with van der Waals surface area (Å²) in [5.41, 5.74) is 0.899. The molecule has 1 aromatic heterocycles. The molecule has 1 aliphatic rings. The van der Waals surface area contributed by atoms with Gasteiger partial charge in [-0.1, -0.05) is 18.9 Å². The van der Waals surface area contributed by atoms with Crippen LogP contribution in [-0.2, 0) is 10.3 Å². The van der Waals surface area contributed by atoms with Crippen LogP contribution in [-0.4, -0.2) is 11.6 Å². The summed E-state index contributed by atoms with van der Waals surface area (Å²) >= 11 is 0. The second-order valence-electron chi connectivity index (χ2n) is 4.74. The highest BCUT2D eigenvalue weighted by Gasteiger charge is 2.39. The molecule has 0 amide bonds. The molecule has 0 saturated heterocycles. The Labute approximate surface area is 98.0 Å². The first kappa shape index (κ1) is 11.6. The molecular weight excluding hydrogens is 198 g/mol. The fourth-order valence-electron chi connectivity index (χ4n) is 2.83. The van der Waals surface area contributed by atoms with Gasteiger partial charge in [-0.15, -0.1) is 0 Å². The van der Waals surface area contributed by atoms with Crippen LogP contribution in [0.4, 0.5) is 0 Å². The number of hydrogen-bond acceptors (Lipinski definition) is 2. The third-order valence-electron chi connectivity index (χ3n) is 3.75. The summed E-state index contributed by atoms with van der Waals surface area (Å²) in [7, 11) is 0. The molecule has 16 heavy (non-hydrogen) atoms. The van der Waals surface area contributed by atoms with Crippen molar-refractivity contribution in [3.63, 3.8) is 0 Å². The van der Waals surface area contributed by atoms with Gasteiger partial charge in [0.25, 0.3) is 0 Å². The molecule has 1 atom stereocenters. The summed E-state index contributed by atoms with van der Waals surface area (Å²) in [5.74, 6) is 0.627. The first-order valence-electron chi connectivity index (χ1n) is 6.33. The van der Waals surface area contributed by atoms with Crippen molar-refractivity contribution in [2.75, 3.05) is 6.61 Å². The van der Waals surface area contributed by atoms with E-state index in [1.807, 2.05) is 12.3 Å². The molecule has 0 spiro atoms. The second-order valence-corrected chi connectivity index (χ2v) is 4.74. The molecule has 1 fully saturated rings. The topological polar surface area (TPSA) is 22.1 Å². The fraction of sp³-hybridized carbons (Fsp3) is 0.643. The highest BCUT2D eigenvalue weighted by Crippen LogP contribution is 2.42. The van der Waals surface area contributed by atoms with E-state index < -0.39 is 0 Å². The zero-order valence-corrected chi connectivity index (χ0v) is 10.3. The summed E-state index contributed by atoms with van der Waals surface area (Å²) < 4.78 is 6.04. The van der Waals surface area contributed by atoms with Crippen LogP contribution in [0.1, 0.15) is 45.2 Å². The van der Waals surface area contributed by atoms with Crippen LogP contribution in [0, 0.1) is 5.92 Å². The summed E-state index contributed by atoms with van der Waals surface area (Å²) in [6.45, 7) is 5.02.